The smallest absolute Gasteiger partial charge is 0.295 e. The number of nitrogens with zero attached hydrogens (tertiary/aromatic N) is 2. The molecule has 1 heterocycles. The number of aryl methyl sites for hydroxylation is 1. The molecule has 0 aromatic heterocycles. The van der Waals surface area contributed by atoms with Crippen LogP contribution in [0.2, 0.25) is 0 Å². The second kappa shape index (κ2) is 10.9. The number of hydrogen-bond donors (Lipinski definition) is 1. The lowest BCUT2D eigenvalue weighted by atomic mass is 9.85. The summed E-state index contributed by atoms with van der Waals surface area (Å²) in [5.41, 5.74) is 3.35. The molecule has 0 bridgehead atoms. The fourth-order valence-electron chi connectivity index (χ4n) is 4.33. The first-order chi connectivity index (χ1) is 16.8. The van der Waals surface area contributed by atoms with Crippen LogP contribution in [0, 0.1) is 12.8 Å². The Morgan fingerprint density at radius 2 is 1.72 bits per heavy atom. The number of benzene rings is 2. The third-order valence-electron chi connectivity index (χ3n) is 6.46. The number of likely N-dealkylation sites (tertiary alicyclic amines) is 1. The molecule has 1 N–H and O–H groups in total. The van der Waals surface area contributed by atoms with Crippen molar-refractivity contribution in [3.05, 3.63) is 70.3 Å². The summed E-state index contributed by atoms with van der Waals surface area (Å²) in [5, 5.41) is 11.4. The van der Waals surface area contributed by atoms with Crippen LogP contribution in [0.15, 0.2) is 48.0 Å². The van der Waals surface area contributed by atoms with Crippen LogP contribution in [-0.4, -0.2) is 60.4 Å². The number of hydrogen-bond acceptors (Lipinski definition) is 5. The van der Waals surface area contributed by atoms with E-state index in [1.807, 2.05) is 56.3 Å². The zero-order valence-corrected chi connectivity index (χ0v) is 22.9. The number of likely N-dealkylation sites (N-methyl/N-ethyl adjacent to an activating group) is 1. The van der Waals surface area contributed by atoms with E-state index in [0.29, 0.717) is 36.9 Å². The van der Waals surface area contributed by atoms with Gasteiger partial charge in [0.05, 0.1) is 18.2 Å². The van der Waals surface area contributed by atoms with Gasteiger partial charge in [-0.05, 0) is 67.2 Å². The summed E-state index contributed by atoms with van der Waals surface area (Å²) in [4.78, 5) is 30.0. The Labute approximate surface area is 215 Å². The molecule has 2 aromatic rings. The normalized spacial score (nSPS) is 17.9. The molecule has 0 spiro atoms. The fraction of sp³-hybridized carbons (Fsp3) is 0.467. The van der Waals surface area contributed by atoms with Crippen LogP contribution < -0.4 is 4.74 Å². The summed E-state index contributed by atoms with van der Waals surface area (Å²) in [6.07, 6.45) is 0. The van der Waals surface area contributed by atoms with E-state index in [9.17, 15) is 14.7 Å². The number of Topliss-reactive ketones (excluding diaryl/α,β-unsaturated/α-hetero) is 1. The molecule has 6 heteroatoms. The summed E-state index contributed by atoms with van der Waals surface area (Å²) in [6, 6.07) is 12.7. The molecule has 1 aliphatic heterocycles. The van der Waals surface area contributed by atoms with Crippen molar-refractivity contribution in [3.8, 4) is 5.75 Å². The van der Waals surface area contributed by atoms with Gasteiger partial charge >= 0.3 is 0 Å². The van der Waals surface area contributed by atoms with Gasteiger partial charge in [0.2, 0.25) is 0 Å². The second-order valence-electron chi connectivity index (χ2n) is 11.3. The first kappa shape index (κ1) is 27.5. The highest BCUT2D eigenvalue weighted by atomic mass is 16.5. The van der Waals surface area contributed by atoms with Crippen molar-refractivity contribution in [1.29, 1.82) is 0 Å². The van der Waals surface area contributed by atoms with Crippen molar-refractivity contribution in [2.45, 2.75) is 53.0 Å². The summed E-state index contributed by atoms with van der Waals surface area (Å²) in [5.74, 6) is -0.299. The highest BCUT2D eigenvalue weighted by Gasteiger charge is 2.46. The summed E-state index contributed by atoms with van der Waals surface area (Å²) < 4.78 is 5.82. The Morgan fingerprint density at radius 3 is 2.25 bits per heavy atom. The maximum Gasteiger partial charge on any atom is 0.295 e. The number of carbonyl (C=O) groups excluding carboxylic acids is 2. The zero-order chi connectivity index (χ0) is 26.8. The van der Waals surface area contributed by atoms with Crippen molar-refractivity contribution < 1.29 is 19.4 Å². The van der Waals surface area contributed by atoms with E-state index < -0.39 is 17.7 Å². The SMILES string of the molecule is Cc1cc(OCC(C)C)ccc1/C(O)=C1\C(=O)C(=O)N(CCN(C)C)C1c1ccc(C(C)(C)C)cc1. The Balaban J connectivity index is 2.10. The maximum atomic E-state index is 13.3. The zero-order valence-electron chi connectivity index (χ0n) is 22.9. The molecule has 1 aliphatic rings. The highest BCUT2D eigenvalue weighted by molar-refractivity contribution is 6.46. The molecule has 1 saturated heterocycles. The first-order valence-electron chi connectivity index (χ1n) is 12.6. The van der Waals surface area contributed by atoms with Gasteiger partial charge in [-0.15, -0.1) is 0 Å². The highest BCUT2D eigenvalue weighted by Crippen LogP contribution is 2.40. The molecule has 0 radical (unpaired) electrons. The molecular formula is C30H40N2O4. The second-order valence-corrected chi connectivity index (χ2v) is 11.3. The van der Waals surface area contributed by atoms with Gasteiger partial charge in [-0.1, -0.05) is 58.9 Å². The first-order valence-corrected chi connectivity index (χ1v) is 12.6. The van der Waals surface area contributed by atoms with E-state index in [-0.39, 0.29) is 16.7 Å². The quantitative estimate of drug-likeness (QED) is 0.307. The van der Waals surface area contributed by atoms with Crippen molar-refractivity contribution in [2.24, 2.45) is 5.92 Å². The van der Waals surface area contributed by atoms with Crippen LogP contribution >= 0.6 is 0 Å². The van der Waals surface area contributed by atoms with Gasteiger partial charge in [0.15, 0.2) is 0 Å². The van der Waals surface area contributed by atoms with Gasteiger partial charge in [0.25, 0.3) is 11.7 Å². The van der Waals surface area contributed by atoms with Gasteiger partial charge in [-0.2, -0.15) is 0 Å². The van der Waals surface area contributed by atoms with Crippen molar-refractivity contribution in [3.63, 3.8) is 0 Å². The summed E-state index contributed by atoms with van der Waals surface area (Å²) in [7, 11) is 3.85. The number of ether oxygens (including phenoxy) is 1. The van der Waals surface area contributed by atoms with Crippen LogP contribution in [0.25, 0.3) is 5.76 Å². The van der Waals surface area contributed by atoms with E-state index >= 15 is 0 Å². The van der Waals surface area contributed by atoms with Gasteiger partial charge in [-0.25, -0.2) is 0 Å². The van der Waals surface area contributed by atoms with Crippen LogP contribution in [0.3, 0.4) is 0 Å². The number of amides is 1. The van der Waals surface area contributed by atoms with E-state index in [0.717, 1.165) is 16.7 Å². The van der Waals surface area contributed by atoms with Crippen molar-refractivity contribution in [1.82, 2.24) is 9.80 Å². The number of aliphatic hydroxyl groups is 1. The number of rotatable bonds is 8. The molecule has 3 rings (SSSR count). The predicted molar refractivity (Wildman–Crippen MR) is 144 cm³/mol. The average Bonchev–Trinajstić information content (AvgIpc) is 3.05. The molecule has 2 aromatic carbocycles. The van der Waals surface area contributed by atoms with E-state index in [4.69, 9.17) is 4.74 Å². The van der Waals surface area contributed by atoms with Crippen molar-refractivity contribution in [2.75, 3.05) is 33.8 Å². The molecule has 36 heavy (non-hydrogen) atoms. The Morgan fingerprint density at radius 1 is 1.08 bits per heavy atom. The lowest BCUT2D eigenvalue weighted by Gasteiger charge is -2.27. The molecular weight excluding hydrogens is 452 g/mol. The Hall–Kier alpha value is -3.12. The van der Waals surface area contributed by atoms with Crippen LogP contribution in [-0.2, 0) is 15.0 Å². The monoisotopic (exact) mass is 492 g/mol. The van der Waals surface area contributed by atoms with E-state index in [1.54, 1.807) is 17.0 Å². The number of aliphatic hydroxyl groups excluding tert-OH is 1. The predicted octanol–water partition coefficient (Wildman–Crippen LogP) is 5.31. The molecule has 0 saturated carbocycles. The summed E-state index contributed by atoms with van der Waals surface area (Å²) >= 11 is 0. The standard InChI is InChI=1S/C30H40N2O4/c1-19(2)18-36-23-13-14-24(20(3)17-23)27(33)25-26(21-9-11-22(12-10-21)30(4,5)6)32(16-15-31(7)8)29(35)28(25)34/h9-14,17,19,26,33H,15-16,18H2,1-8H3/b27-25+. The Kier molecular flexibility index (Phi) is 8.29. The van der Waals surface area contributed by atoms with Gasteiger partial charge < -0.3 is 19.6 Å². The van der Waals surface area contributed by atoms with Crippen molar-refractivity contribution >= 4 is 17.4 Å². The van der Waals surface area contributed by atoms with Gasteiger partial charge in [-0.3, -0.25) is 9.59 Å². The summed E-state index contributed by atoms with van der Waals surface area (Å²) in [6.45, 7) is 14.0. The molecule has 1 fully saturated rings. The van der Waals surface area contributed by atoms with Crippen LogP contribution in [0.5, 0.6) is 5.75 Å². The molecule has 1 amide bonds. The van der Waals surface area contributed by atoms with Gasteiger partial charge in [0, 0.05) is 18.7 Å². The van der Waals surface area contributed by atoms with Gasteiger partial charge in [0.1, 0.15) is 11.5 Å². The van der Waals surface area contributed by atoms with Crippen LogP contribution in [0.4, 0.5) is 0 Å². The molecule has 1 unspecified atom stereocenters. The third-order valence-corrected chi connectivity index (χ3v) is 6.46. The molecule has 6 nitrogen and oxygen atoms in total. The number of ketones is 1. The lowest BCUT2D eigenvalue weighted by Crippen LogP contribution is -2.35. The molecule has 194 valence electrons. The Bertz CT molecular complexity index is 1140. The van der Waals surface area contributed by atoms with E-state index in [2.05, 4.69) is 34.6 Å². The largest absolute Gasteiger partial charge is 0.507 e. The molecule has 0 aliphatic carbocycles. The fourth-order valence-corrected chi connectivity index (χ4v) is 4.33. The maximum absolute atomic E-state index is 13.3. The minimum atomic E-state index is -0.657. The number of carbonyl (C=O) groups is 2. The minimum Gasteiger partial charge on any atom is -0.507 e. The van der Waals surface area contributed by atoms with Crippen LogP contribution in [0.1, 0.15) is 62.9 Å². The molecule has 1 atom stereocenters. The topological polar surface area (TPSA) is 70.1 Å². The average molecular weight is 493 g/mol. The van der Waals surface area contributed by atoms with E-state index in [1.165, 1.54) is 0 Å². The minimum absolute atomic E-state index is 0.0260. The third kappa shape index (κ3) is 5.98. The lowest BCUT2D eigenvalue weighted by molar-refractivity contribution is -0.140.